The fourth-order valence-electron chi connectivity index (χ4n) is 5.80. The van der Waals surface area contributed by atoms with E-state index in [1.165, 1.54) is 19.1 Å². The second-order valence-electron chi connectivity index (χ2n) is 12.8. The molecule has 290 valence electrons. The number of aryl methyl sites for hydroxylation is 1. The Hall–Kier alpha value is -5.63. The highest BCUT2D eigenvalue weighted by molar-refractivity contribution is 5.95. The minimum absolute atomic E-state index is 0.0828. The monoisotopic (exact) mass is 745 g/mol. The second kappa shape index (κ2) is 21.2. The van der Waals surface area contributed by atoms with Gasteiger partial charge in [-0.05, 0) is 75.4 Å². The third-order valence-electron chi connectivity index (χ3n) is 8.83. The van der Waals surface area contributed by atoms with Crippen LogP contribution in [0.1, 0.15) is 61.0 Å². The second-order valence-corrected chi connectivity index (χ2v) is 12.8. The molecule has 0 saturated heterocycles. The Morgan fingerprint density at radius 1 is 0.889 bits per heavy atom. The van der Waals surface area contributed by atoms with Gasteiger partial charge >= 0.3 is 0 Å². The smallest absolute Gasteiger partial charge is 0.251 e. The Morgan fingerprint density at radius 2 is 1.67 bits per heavy atom. The third kappa shape index (κ3) is 12.5. The number of nitrogens with zero attached hydrogens (tertiary/aromatic N) is 1. The standard InChI is InChI=1S/C40H51N5O9/c1-5-53-22-19-37(47)45-21-10-9-20-41-39(49)29-15-18-33(51-3)35(23-29)54-31-16-14-30(34(24-31)52-4)25-42-38(48)27(2)43-40(50)32(44-36(46)26-45)17-13-28-11-7-6-8-12-28/h6-8,11-12,14-16,18,23-24,27,32H,5,9-10,13,17,19-22,25-26H2,1-4H3,(H,41,49)(H,42,48)(H,43,50)(H,44,46)/t27-,32-/m0/s1. The molecular formula is C40H51N5O9. The van der Waals surface area contributed by atoms with Crippen LogP contribution in [0.25, 0.3) is 0 Å². The molecule has 5 rings (SSSR count). The molecule has 2 aliphatic rings. The highest BCUT2D eigenvalue weighted by atomic mass is 16.5. The van der Waals surface area contributed by atoms with Crippen molar-refractivity contribution in [1.29, 1.82) is 0 Å². The SMILES string of the molecule is CCOCCC(=O)N1CCCCNC(=O)c2ccc(OC)c(c2)Oc2ccc(c(OC)c2)CNC(=O)[C@H](C)NC(=O)[C@H](CCc2ccccc2)NC(=O)C1. The lowest BCUT2D eigenvalue weighted by molar-refractivity contribution is -0.138. The molecule has 0 aliphatic carbocycles. The number of methoxy groups -OCH3 is 2. The van der Waals surface area contributed by atoms with Gasteiger partial charge in [-0.2, -0.15) is 0 Å². The molecule has 4 bridgehead atoms. The molecule has 14 heteroatoms. The largest absolute Gasteiger partial charge is 0.496 e. The first kappa shape index (κ1) is 41.1. The summed E-state index contributed by atoms with van der Waals surface area (Å²) >= 11 is 0. The van der Waals surface area contributed by atoms with E-state index in [0.717, 1.165) is 5.56 Å². The van der Waals surface area contributed by atoms with E-state index in [1.807, 2.05) is 37.3 Å². The summed E-state index contributed by atoms with van der Waals surface area (Å²) < 4.78 is 22.5. The van der Waals surface area contributed by atoms with E-state index in [-0.39, 0.29) is 50.9 Å². The van der Waals surface area contributed by atoms with Crippen LogP contribution in [-0.4, -0.2) is 93.6 Å². The number of fused-ring (bicyclic) bond motifs is 18. The van der Waals surface area contributed by atoms with Crippen LogP contribution in [0.3, 0.4) is 0 Å². The summed E-state index contributed by atoms with van der Waals surface area (Å²) in [5.74, 6) is -0.519. The maximum Gasteiger partial charge on any atom is 0.251 e. The number of rotatable bonds is 9. The van der Waals surface area contributed by atoms with Crippen LogP contribution in [0, 0.1) is 0 Å². The molecule has 0 spiro atoms. The number of nitrogens with one attached hydrogen (secondary N) is 4. The summed E-state index contributed by atoms with van der Waals surface area (Å²) in [5.41, 5.74) is 1.98. The molecule has 54 heavy (non-hydrogen) atoms. The lowest BCUT2D eigenvalue weighted by Gasteiger charge is -2.25. The summed E-state index contributed by atoms with van der Waals surface area (Å²) in [6.07, 6.45) is 1.84. The van der Waals surface area contributed by atoms with Crippen molar-refractivity contribution in [3.63, 3.8) is 0 Å². The van der Waals surface area contributed by atoms with Gasteiger partial charge in [0.25, 0.3) is 5.91 Å². The molecule has 0 unspecified atom stereocenters. The fraction of sp³-hybridized carbons (Fsp3) is 0.425. The quantitative estimate of drug-likeness (QED) is 0.189. The molecule has 0 radical (unpaired) electrons. The predicted octanol–water partition coefficient (Wildman–Crippen LogP) is 3.51. The Morgan fingerprint density at radius 3 is 2.41 bits per heavy atom. The van der Waals surface area contributed by atoms with Gasteiger partial charge in [0.2, 0.25) is 23.6 Å². The minimum Gasteiger partial charge on any atom is -0.496 e. The van der Waals surface area contributed by atoms with Crippen molar-refractivity contribution in [3.8, 4) is 23.0 Å². The molecule has 0 saturated carbocycles. The first-order valence-electron chi connectivity index (χ1n) is 18.2. The van der Waals surface area contributed by atoms with E-state index in [9.17, 15) is 24.0 Å². The number of carbonyl (C=O) groups is 5. The Kier molecular flexibility index (Phi) is 16.1. The zero-order valence-electron chi connectivity index (χ0n) is 31.4. The lowest BCUT2D eigenvalue weighted by atomic mass is 10.0. The molecule has 4 N–H and O–H groups in total. The highest BCUT2D eigenvalue weighted by Crippen LogP contribution is 2.35. The van der Waals surface area contributed by atoms with Crippen molar-refractivity contribution in [3.05, 3.63) is 83.4 Å². The maximum atomic E-state index is 13.6. The summed E-state index contributed by atoms with van der Waals surface area (Å²) in [6.45, 7) is 4.42. The number of ether oxygens (including phenoxy) is 4. The normalized spacial score (nSPS) is 17.8. The molecule has 2 heterocycles. The lowest BCUT2D eigenvalue weighted by Crippen LogP contribution is -2.54. The van der Waals surface area contributed by atoms with Crippen molar-refractivity contribution in [2.24, 2.45) is 0 Å². The predicted molar refractivity (Wildman–Crippen MR) is 201 cm³/mol. The van der Waals surface area contributed by atoms with E-state index < -0.39 is 29.8 Å². The van der Waals surface area contributed by atoms with Crippen molar-refractivity contribution in [2.45, 2.75) is 64.6 Å². The third-order valence-corrected chi connectivity index (χ3v) is 8.83. The van der Waals surface area contributed by atoms with Crippen LogP contribution in [0.15, 0.2) is 66.7 Å². The minimum atomic E-state index is -0.984. The van der Waals surface area contributed by atoms with Gasteiger partial charge in [0.15, 0.2) is 11.5 Å². The topological polar surface area (TPSA) is 174 Å². The van der Waals surface area contributed by atoms with Gasteiger partial charge in [-0.15, -0.1) is 0 Å². The van der Waals surface area contributed by atoms with E-state index >= 15 is 0 Å². The maximum absolute atomic E-state index is 13.6. The molecule has 0 fully saturated rings. The van der Waals surface area contributed by atoms with Gasteiger partial charge in [0, 0.05) is 43.4 Å². The van der Waals surface area contributed by atoms with Gasteiger partial charge < -0.3 is 45.1 Å². The number of benzene rings is 3. The summed E-state index contributed by atoms with van der Waals surface area (Å²) in [5, 5.41) is 11.3. The zero-order valence-corrected chi connectivity index (χ0v) is 31.4. The van der Waals surface area contributed by atoms with E-state index in [0.29, 0.717) is 66.5 Å². The summed E-state index contributed by atoms with van der Waals surface area (Å²) in [4.78, 5) is 68.1. The van der Waals surface area contributed by atoms with Crippen molar-refractivity contribution >= 4 is 29.5 Å². The van der Waals surface area contributed by atoms with Gasteiger partial charge in [-0.3, -0.25) is 24.0 Å². The average Bonchev–Trinajstić information content (AvgIpc) is 3.17. The molecule has 3 aromatic rings. The number of amides is 5. The number of hydrogen-bond donors (Lipinski definition) is 4. The van der Waals surface area contributed by atoms with Crippen LogP contribution in [-0.2, 0) is 36.9 Å². The Labute approximate surface area is 316 Å². The molecule has 5 amide bonds. The first-order chi connectivity index (χ1) is 26.1. The van der Waals surface area contributed by atoms with Gasteiger partial charge in [-0.25, -0.2) is 0 Å². The molecule has 3 aromatic carbocycles. The molecule has 14 nitrogen and oxygen atoms in total. The van der Waals surface area contributed by atoms with Gasteiger partial charge in [0.05, 0.1) is 33.8 Å². The van der Waals surface area contributed by atoms with E-state index in [4.69, 9.17) is 18.9 Å². The van der Waals surface area contributed by atoms with Crippen molar-refractivity contribution in [1.82, 2.24) is 26.2 Å². The van der Waals surface area contributed by atoms with Crippen molar-refractivity contribution in [2.75, 3.05) is 47.1 Å². The van der Waals surface area contributed by atoms with Gasteiger partial charge in [-0.1, -0.05) is 30.3 Å². The van der Waals surface area contributed by atoms with E-state index in [1.54, 1.807) is 43.3 Å². The number of hydrogen-bond acceptors (Lipinski definition) is 9. The summed E-state index contributed by atoms with van der Waals surface area (Å²) in [6, 6.07) is 17.6. The molecule has 2 aliphatic heterocycles. The van der Waals surface area contributed by atoms with Crippen molar-refractivity contribution < 1.29 is 42.9 Å². The Bertz CT molecular complexity index is 1740. The van der Waals surface area contributed by atoms with Crippen LogP contribution in [0.2, 0.25) is 0 Å². The highest BCUT2D eigenvalue weighted by Gasteiger charge is 2.26. The number of carbonyl (C=O) groups excluding carboxylic acids is 5. The molecule has 0 aromatic heterocycles. The zero-order chi connectivity index (χ0) is 38.9. The van der Waals surface area contributed by atoms with Crippen LogP contribution >= 0.6 is 0 Å². The first-order valence-corrected chi connectivity index (χ1v) is 18.2. The van der Waals surface area contributed by atoms with Crippen LogP contribution < -0.4 is 35.5 Å². The van der Waals surface area contributed by atoms with Crippen LogP contribution in [0.4, 0.5) is 0 Å². The average molecular weight is 746 g/mol. The molecular weight excluding hydrogens is 694 g/mol. The summed E-state index contributed by atoms with van der Waals surface area (Å²) in [7, 11) is 2.99. The van der Waals surface area contributed by atoms with Crippen LogP contribution in [0.5, 0.6) is 23.0 Å². The Balaban J connectivity index is 1.59. The van der Waals surface area contributed by atoms with E-state index in [2.05, 4.69) is 21.3 Å². The van der Waals surface area contributed by atoms with Gasteiger partial charge in [0.1, 0.15) is 23.6 Å². The fourth-order valence-corrected chi connectivity index (χ4v) is 5.80. The molecule has 2 atom stereocenters.